The van der Waals surface area contributed by atoms with Crippen molar-refractivity contribution in [1.82, 2.24) is 5.32 Å². The minimum atomic E-state index is -3.23. The minimum absolute atomic E-state index is 0.0721. The molecule has 1 aromatic carbocycles. The van der Waals surface area contributed by atoms with Gasteiger partial charge >= 0.3 is 0 Å². The average Bonchev–Trinajstić information content (AvgIpc) is 2.34. The number of carbonyl (C=O) groups is 1. The number of rotatable bonds is 5. The Balaban J connectivity index is 2.82. The molecule has 1 rings (SSSR count). The maximum absolute atomic E-state index is 12.1. The van der Waals surface area contributed by atoms with E-state index in [9.17, 15) is 13.2 Å². The molecule has 0 unspecified atom stereocenters. The maximum atomic E-state index is 12.1. The fourth-order valence-corrected chi connectivity index (χ4v) is 1.75. The molecular weight excluding hydrogens is 264 g/mol. The summed E-state index contributed by atoms with van der Waals surface area (Å²) in [5.74, 6) is -0.290. The van der Waals surface area contributed by atoms with Crippen LogP contribution in [0.4, 0.5) is 5.69 Å². The second kappa shape index (κ2) is 5.61. The summed E-state index contributed by atoms with van der Waals surface area (Å²) in [5, 5.41) is 5.59. The van der Waals surface area contributed by atoms with Gasteiger partial charge in [-0.3, -0.25) is 4.79 Å². The molecule has 0 spiro atoms. The third kappa shape index (κ3) is 3.70. The largest absolute Gasteiger partial charge is 0.387 e. The summed E-state index contributed by atoms with van der Waals surface area (Å²) < 4.78 is 22.1. The molecule has 0 bridgehead atoms. The van der Waals surface area contributed by atoms with E-state index in [1.54, 1.807) is 39.1 Å². The number of sulfone groups is 1. The van der Waals surface area contributed by atoms with Crippen LogP contribution in [0.2, 0.25) is 0 Å². The fourth-order valence-electron chi connectivity index (χ4n) is 1.42. The van der Waals surface area contributed by atoms with Crippen LogP contribution in [-0.4, -0.2) is 38.9 Å². The highest BCUT2D eigenvalue weighted by atomic mass is 32.2. The maximum Gasteiger partial charge on any atom is 0.253 e. The van der Waals surface area contributed by atoms with Crippen molar-refractivity contribution >= 4 is 21.4 Å². The lowest BCUT2D eigenvalue weighted by molar-refractivity contribution is 0.0951. The van der Waals surface area contributed by atoms with E-state index in [1.807, 2.05) is 6.07 Å². The molecule has 5 nitrogen and oxygen atoms in total. The molecule has 6 heteroatoms. The van der Waals surface area contributed by atoms with E-state index >= 15 is 0 Å². The number of benzene rings is 1. The van der Waals surface area contributed by atoms with Crippen LogP contribution in [0.5, 0.6) is 0 Å². The highest BCUT2D eigenvalue weighted by molar-refractivity contribution is 7.92. The summed E-state index contributed by atoms with van der Waals surface area (Å²) in [4.78, 5) is 12.1. The van der Waals surface area contributed by atoms with E-state index in [-0.39, 0.29) is 12.5 Å². The first-order valence-corrected chi connectivity index (χ1v) is 7.83. The lowest BCUT2D eigenvalue weighted by Gasteiger charge is -2.23. The molecular formula is C13H20N2O3S. The van der Waals surface area contributed by atoms with Gasteiger partial charge in [-0.15, -0.1) is 0 Å². The summed E-state index contributed by atoms with van der Waals surface area (Å²) in [6.07, 6.45) is 1.17. The second-order valence-electron chi connectivity index (χ2n) is 5.01. The Morgan fingerprint density at radius 2 is 1.84 bits per heavy atom. The summed E-state index contributed by atoms with van der Waals surface area (Å²) in [7, 11) is -1.50. The quantitative estimate of drug-likeness (QED) is 0.854. The molecule has 1 aromatic rings. The number of hydrogen-bond donors (Lipinski definition) is 2. The van der Waals surface area contributed by atoms with Gasteiger partial charge in [-0.1, -0.05) is 12.1 Å². The number of para-hydroxylation sites is 1. The summed E-state index contributed by atoms with van der Waals surface area (Å²) >= 11 is 0. The van der Waals surface area contributed by atoms with Crippen LogP contribution in [0.1, 0.15) is 24.2 Å². The molecule has 0 radical (unpaired) electrons. The zero-order chi connectivity index (χ0) is 14.7. The molecule has 19 heavy (non-hydrogen) atoms. The summed E-state index contributed by atoms with van der Waals surface area (Å²) in [6, 6.07) is 7.06. The van der Waals surface area contributed by atoms with Crippen molar-refractivity contribution in [1.29, 1.82) is 0 Å². The molecule has 0 heterocycles. The van der Waals surface area contributed by atoms with E-state index in [1.165, 1.54) is 6.26 Å². The third-order valence-corrected chi connectivity index (χ3v) is 5.27. The molecule has 1 amide bonds. The van der Waals surface area contributed by atoms with Gasteiger partial charge in [0, 0.05) is 25.5 Å². The van der Waals surface area contributed by atoms with Gasteiger partial charge in [0.1, 0.15) is 0 Å². The Kier molecular flexibility index (Phi) is 4.57. The van der Waals surface area contributed by atoms with Crippen LogP contribution in [-0.2, 0) is 9.84 Å². The lowest BCUT2D eigenvalue weighted by atomic mass is 10.1. The van der Waals surface area contributed by atoms with Crippen LogP contribution in [0.25, 0.3) is 0 Å². The number of amides is 1. The third-order valence-electron chi connectivity index (χ3n) is 3.12. The first-order chi connectivity index (χ1) is 8.69. The van der Waals surface area contributed by atoms with Gasteiger partial charge in [0.2, 0.25) is 0 Å². The van der Waals surface area contributed by atoms with Crippen LogP contribution in [0, 0.1) is 0 Å². The summed E-state index contributed by atoms with van der Waals surface area (Å²) in [6.45, 7) is 3.25. The zero-order valence-electron chi connectivity index (χ0n) is 11.6. The van der Waals surface area contributed by atoms with Gasteiger partial charge in [-0.25, -0.2) is 8.42 Å². The van der Waals surface area contributed by atoms with Crippen molar-refractivity contribution in [3.63, 3.8) is 0 Å². The van der Waals surface area contributed by atoms with Crippen LogP contribution >= 0.6 is 0 Å². The molecule has 2 N–H and O–H groups in total. The monoisotopic (exact) mass is 284 g/mol. The second-order valence-corrected chi connectivity index (χ2v) is 7.66. The van der Waals surface area contributed by atoms with E-state index in [0.717, 1.165) is 0 Å². The highest BCUT2D eigenvalue weighted by Crippen LogP contribution is 2.16. The number of nitrogens with one attached hydrogen (secondary N) is 2. The Bertz CT molecular complexity index is 565. The Labute approximate surface area is 114 Å². The molecule has 0 saturated heterocycles. The predicted molar refractivity (Wildman–Crippen MR) is 77.2 cm³/mol. The normalized spacial score (nSPS) is 12.0. The Hall–Kier alpha value is -1.56. The van der Waals surface area contributed by atoms with Crippen molar-refractivity contribution in [2.75, 3.05) is 25.2 Å². The lowest BCUT2D eigenvalue weighted by Crippen LogP contribution is -2.43. The van der Waals surface area contributed by atoms with Crippen molar-refractivity contribution in [3.05, 3.63) is 29.8 Å². The highest BCUT2D eigenvalue weighted by Gasteiger charge is 2.30. The Morgan fingerprint density at radius 1 is 1.26 bits per heavy atom. The molecule has 0 saturated carbocycles. The van der Waals surface area contributed by atoms with Gasteiger partial charge in [0.05, 0.1) is 10.3 Å². The smallest absolute Gasteiger partial charge is 0.253 e. The zero-order valence-corrected chi connectivity index (χ0v) is 12.5. The molecule has 0 fully saturated rings. The van der Waals surface area contributed by atoms with Crippen molar-refractivity contribution in [2.45, 2.75) is 18.6 Å². The Morgan fingerprint density at radius 3 is 2.37 bits per heavy atom. The molecule has 0 aromatic heterocycles. The van der Waals surface area contributed by atoms with Gasteiger partial charge in [0.15, 0.2) is 9.84 Å². The molecule has 0 aliphatic carbocycles. The standard InChI is InChI=1S/C13H20N2O3S/c1-13(2,19(4,17)18)9-15-12(16)10-7-5-6-8-11(10)14-3/h5-8,14H,9H2,1-4H3,(H,15,16). The van der Waals surface area contributed by atoms with E-state index in [0.29, 0.717) is 11.3 Å². The molecule has 0 atom stereocenters. The van der Waals surface area contributed by atoms with Gasteiger partial charge in [-0.05, 0) is 26.0 Å². The number of hydrogen-bond acceptors (Lipinski definition) is 4. The van der Waals surface area contributed by atoms with Gasteiger partial charge in [0.25, 0.3) is 5.91 Å². The van der Waals surface area contributed by atoms with E-state index in [4.69, 9.17) is 0 Å². The van der Waals surface area contributed by atoms with Crippen molar-refractivity contribution in [2.24, 2.45) is 0 Å². The summed E-state index contributed by atoms with van der Waals surface area (Å²) in [5.41, 5.74) is 1.20. The van der Waals surface area contributed by atoms with Crippen LogP contribution < -0.4 is 10.6 Å². The molecule has 106 valence electrons. The topological polar surface area (TPSA) is 75.3 Å². The first kappa shape index (κ1) is 15.5. The van der Waals surface area contributed by atoms with E-state index < -0.39 is 14.6 Å². The predicted octanol–water partition coefficient (Wildman–Crippen LogP) is 1.28. The van der Waals surface area contributed by atoms with Crippen LogP contribution in [0.15, 0.2) is 24.3 Å². The van der Waals surface area contributed by atoms with Crippen LogP contribution in [0.3, 0.4) is 0 Å². The SMILES string of the molecule is CNc1ccccc1C(=O)NCC(C)(C)S(C)(=O)=O. The number of carbonyl (C=O) groups excluding carboxylic acids is 1. The van der Waals surface area contributed by atoms with Gasteiger partial charge in [-0.2, -0.15) is 0 Å². The molecule has 0 aliphatic rings. The molecule has 0 aliphatic heterocycles. The van der Waals surface area contributed by atoms with Crippen molar-refractivity contribution < 1.29 is 13.2 Å². The van der Waals surface area contributed by atoms with Crippen molar-refractivity contribution in [3.8, 4) is 0 Å². The van der Waals surface area contributed by atoms with Gasteiger partial charge < -0.3 is 10.6 Å². The first-order valence-electron chi connectivity index (χ1n) is 5.93. The minimum Gasteiger partial charge on any atom is -0.387 e. The fraction of sp³-hybridized carbons (Fsp3) is 0.462. The number of anilines is 1. The average molecular weight is 284 g/mol. The van der Waals surface area contributed by atoms with E-state index in [2.05, 4.69) is 10.6 Å².